The minimum Gasteiger partial charge on any atom is -0.322 e. The smallest absolute Gasteiger partial charge is 0.262 e. The predicted octanol–water partition coefficient (Wildman–Crippen LogP) is 4.84. The van der Waals surface area contributed by atoms with Gasteiger partial charge in [0.05, 0.1) is 10.6 Å². The van der Waals surface area contributed by atoms with Gasteiger partial charge in [0.1, 0.15) is 5.82 Å². The van der Waals surface area contributed by atoms with E-state index < -0.39 is 21.7 Å². The minimum atomic E-state index is -4.07. The first kappa shape index (κ1) is 19.9. The quantitative estimate of drug-likeness (QED) is 0.622. The fourth-order valence-corrected chi connectivity index (χ4v) is 3.85. The molecule has 0 saturated carbocycles. The van der Waals surface area contributed by atoms with Gasteiger partial charge in [-0.3, -0.25) is 9.52 Å². The molecule has 0 aromatic heterocycles. The molecule has 0 bridgehead atoms. The number of carbonyl (C=O) groups excluding carboxylic acids is 1. The topological polar surface area (TPSA) is 75.3 Å². The average molecular weight is 419 g/mol. The van der Waals surface area contributed by atoms with E-state index in [2.05, 4.69) is 10.0 Å². The summed E-state index contributed by atoms with van der Waals surface area (Å²) in [6.07, 6.45) is 0. The number of aryl methyl sites for hydroxylation is 1. The van der Waals surface area contributed by atoms with Gasteiger partial charge in [-0.15, -0.1) is 0 Å². The number of anilines is 2. The van der Waals surface area contributed by atoms with Crippen molar-refractivity contribution in [2.24, 2.45) is 0 Å². The second kappa shape index (κ2) is 8.00. The highest BCUT2D eigenvalue weighted by Crippen LogP contribution is 2.22. The Morgan fingerprint density at radius 3 is 2.43 bits per heavy atom. The van der Waals surface area contributed by atoms with E-state index >= 15 is 0 Å². The van der Waals surface area contributed by atoms with Gasteiger partial charge < -0.3 is 5.32 Å². The summed E-state index contributed by atoms with van der Waals surface area (Å²) < 4.78 is 41.0. The second-order valence-electron chi connectivity index (χ2n) is 6.03. The van der Waals surface area contributed by atoms with E-state index in [-0.39, 0.29) is 16.1 Å². The zero-order valence-corrected chi connectivity index (χ0v) is 16.3. The summed E-state index contributed by atoms with van der Waals surface area (Å²) in [4.78, 5) is 12.4. The number of nitrogens with one attached hydrogen (secondary N) is 2. The average Bonchev–Trinajstić information content (AvgIpc) is 2.66. The van der Waals surface area contributed by atoms with Crippen molar-refractivity contribution >= 4 is 38.9 Å². The normalized spacial score (nSPS) is 11.1. The molecule has 8 heteroatoms. The van der Waals surface area contributed by atoms with Crippen molar-refractivity contribution in [1.29, 1.82) is 0 Å². The Hall–Kier alpha value is -2.90. The Morgan fingerprint density at radius 1 is 0.964 bits per heavy atom. The zero-order valence-electron chi connectivity index (χ0n) is 14.7. The van der Waals surface area contributed by atoms with Crippen molar-refractivity contribution in [3.8, 4) is 0 Å². The minimum absolute atomic E-state index is 0.144. The molecule has 0 aliphatic rings. The molecule has 1 amide bonds. The molecule has 144 valence electrons. The van der Waals surface area contributed by atoms with Crippen LogP contribution in [0.4, 0.5) is 15.8 Å². The fourth-order valence-electron chi connectivity index (χ4n) is 2.51. The van der Waals surface area contributed by atoms with Gasteiger partial charge in [0.2, 0.25) is 0 Å². The number of hydrogen-bond acceptors (Lipinski definition) is 3. The van der Waals surface area contributed by atoms with Gasteiger partial charge in [0, 0.05) is 16.3 Å². The highest BCUT2D eigenvalue weighted by atomic mass is 35.5. The number of carbonyl (C=O) groups is 1. The maximum Gasteiger partial charge on any atom is 0.262 e. The zero-order chi connectivity index (χ0) is 20.3. The molecule has 0 radical (unpaired) electrons. The number of sulfonamides is 1. The standard InChI is InChI=1S/C20H16ClFN2O3S/c1-13-11-15(21)9-10-18(13)23-20(25)14-5-4-6-16(12-14)28(26,27)24-19-8-3-2-7-17(19)22/h2-12,24H,1H3,(H,23,25). The van der Waals surface area contributed by atoms with E-state index in [0.717, 1.165) is 11.6 Å². The van der Waals surface area contributed by atoms with Crippen molar-refractivity contribution in [2.45, 2.75) is 11.8 Å². The van der Waals surface area contributed by atoms with E-state index in [1.54, 1.807) is 25.1 Å². The van der Waals surface area contributed by atoms with Gasteiger partial charge in [-0.1, -0.05) is 29.8 Å². The maximum absolute atomic E-state index is 13.8. The van der Waals surface area contributed by atoms with E-state index in [1.807, 2.05) is 0 Å². The first-order valence-electron chi connectivity index (χ1n) is 8.21. The lowest BCUT2D eigenvalue weighted by Gasteiger charge is -2.11. The van der Waals surface area contributed by atoms with Crippen LogP contribution in [-0.2, 0) is 10.0 Å². The Kier molecular flexibility index (Phi) is 5.67. The van der Waals surface area contributed by atoms with Crippen molar-refractivity contribution in [1.82, 2.24) is 0 Å². The van der Waals surface area contributed by atoms with Crippen LogP contribution < -0.4 is 10.0 Å². The van der Waals surface area contributed by atoms with E-state index in [9.17, 15) is 17.6 Å². The number of amides is 1. The molecular formula is C20H16ClFN2O3S. The van der Waals surface area contributed by atoms with E-state index in [0.29, 0.717) is 10.7 Å². The first-order chi connectivity index (χ1) is 13.3. The van der Waals surface area contributed by atoms with Crippen LogP contribution in [0.3, 0.4) is 0 Å². The SMILES string of the molecule is Cc1cc(Cl)ccc1NC(=O)c1cccc(S(=O)(=O)Nc2ccccc2F)c1. The van der Waals surface area contributed by atoms with Crippen molar-refractivity contribution in [3.63, 3.8) is 0 Å². The summed E-state index contributed by atoms with van der Waals surface area (Å²) in [5.74, 6) is -1.17. The molecule has 3 rings (SSSR count). The molecule has 0 unspecified atom stereocenters. The van der Waals surface area contributed by atoms with Gasteiger partial charge in [-0.05, 0) is 61.0 Å². The van der Waals surface area contributed by atoms with Crippen LogP contribution in [0.5, 0.6) is 0 Å². The maximum atomic E-state index is 13.8. The van der Waals surface area contributed by atoms with Crippen molar-refractivity contribution < 1.29 is 17.6 Å². The molecule has 28 heavy (non-hydrogen) atoms. The first-order valence-corrected chi connectivity index (χ1v) is 10.1. The monoisotopic (exact) mass is 418 g/mol. The van der Waals surface area contributed by atoms with Gasteiger partial charge in [-0.25, -0.2) is 12.8 Å². The van der Waals surface area contributed by atoms with Gasteiger partial charge >= 0.3 is 0 Å². The fraction of sp³-hybridized carbons (Fsp3) is 0.0500. The second-order valence-corrected chi connectivity index (χ2v) is 8.15. The lowest BCUT2D eigenvalue weighted by Crippen LogP contribution is -2.16. The van der Waals surface area contributed by atoms with Crippen molar-refractivity contribution in [2.75, 3.05) is 10.0 Å². The van der Waals surface area contributed by atoms with Gasteiger partial charge in [-0.2, -0.15) is 0 Å². The lowest BCUT2D eigenvalue weighted by molar-refractivity contribution is 0.102. The molecule has 0 fully saturated rings. The van der Waals surface area contributed by atoms with Crippen LogP contribution in [0.1, 0.15) is 15.9 Å². The summed E-state index contributed by atoms with van der Waals surface area (Å²) in [5.41, 5.74) is 1.30. The molecular weight excluding hydrogens is 403 g/mol. The summed E-state index contributed by atoms with van der Waals surface area (Å²) in [5, 5.41) is 3.26. The highest BCUT2D eigenvalue weighted by molar-refractivity contribution is 7.92. The number of rotatable bonds is 5. The summed E-state index contributed by atoms with van der Waals surface area (Å²) in [6.45, 7) is 1.79. The number of benzene rings is 3. The summed E-state index contributed by atoms with van der Waals surface area (Å²) in [6, 6.07) is 15.9. The molecule has 0 aliphatic carbocycles. The van der Waals surface area contributed by atoms with Crippen LogP contribution in [0.25, 0.3) is 0 Å². The molecule has 0 spiro atoms. The van der Waals surface area contributed by atoms with Crippen molar-refractivity contribution in [3.05, 3.63) is 88.7 Å². The summed E-state index contributed by atoms with van der Waals surface area (Å²) >= 11 is 5.91. The third-order valence-electron chi connectivity index (χ3n) is 3.96. The molecule has 0 aliphatic heterocycles. The summed E-state index contributed by atoms with van der Waals surface area (Å²) in [7, 11) is -4.07. The predicted molar refractivity (Wildman–Crippen MR) is 108 cm³/mol. The Bertz CT molecular complexity index is 1150. The molecule has 3 aromatic carbocycles. The van der Waals surface area contributed by atoms with Crippen LogP contribution in [0.15, 0.2) is 71.6 Å². The molecule has 2 N–H and O–H groups in total. The largest absolute Gasteiger partial charge is 0.322 e. The highest BCUT2D eigenvalue weighted by Gasteiger charge is 2.18. The molecule has 0 heterocycles. The Labute approximate surface area is 167 Å². The molecule has 3 aromatic rings. The molecule has 5 nitrogen and oxygen atoms in total. The van der Waals surface area contributed by atoms with E-state index in [1.165, 1.54) is 42.5 Å². The molecule has 0 saturated heterocycles. The van der Waals surface area contributed by atoms with Crippen LogP contribution >= 0.6 is 11.6 Å². The number of halogens is 2. The van der Waals surface area contributed by atoms with Gasteiger partial charge in [0.15, 0.2) is 0 Å². The van der Waals surface area contributed by atoms with Gasteiger partial charge in [0.25, 0.3) is 15.9 Å². The number of hydrogen-bond donors (Lipinski definition) is 2. The lowest BCUT2D eigenvalue weighted by atomic mass is 10.1. The van der Waals surface area contributed by atoms with Crippen LogP contribution in [0.2, 0.25) is 5.02 Å². The Balaban J connectivity index is 1.85. The van der Waals surface area contributed by atoms with Crippen LogP contribution in [0, 0.1) is 12.7 Å². The molecule has 0 atom stereocenters. The van der Waals surface area contributed by atoms with E-state index in [4.69, 9.17) is 11.6 Å². The number of para-hydroxylation sites is 1. The third kappa shape index (κ3) is 4.49. The third-order valence-corrected chi connectivity index (χ3v) is 5.56. The van der Waals surface area contributed by atoms with Crippen LogP contribution in [-0.4, -0.2) is 14.3 Å². The Morgan fingerprint density at radius 2 is 1.71 bits per heavy atom.